The molecule has 1 N–H and O–H groups in total. The van der Waals surface area contributed by atoms with E-state index in [0.717, 1.165) is 11.1 Å². The van der Waals surface area contributed by atoms with Crippen LogP contribution in [0.2, 0.25) is 0 Å². The maximum atomic E-state index is 10.6. The molecule has 0 aliphatic heterocycles. The number of methoxy groups -OCH3 is 2. The Morgan fingerprint density at radius 3 is 2.33 bits per heavy atom. The summed E-state index contributed by atoms with van der Waals surface area (Å²) in [6.07, 6.45) is -0.785. The average molecular weight is 288 g/mol. The van der Waals surface area contributed by atoms with Crippen molar-refractivity contribution in [2.24, 2.45) is 0 Å². The maximum absolute atomic E-state index is 10.6. The van der Waals surface area contributed by atoms with Gasteiger partial charge in [0.15, 0.2) is 11.5 Å². The molecular weight excluding hydrogens is 268 g/mol. The van der Waals surface area contributed by atoms with Gasteiger partial charge in [0.05, 0.1) is 20.8 Å². The van der Waals surface area contributed by atoms with Gasteiger partial charge < -0.3 is 19.3 Å². The summed E-state index contributed by atoms with van der Waals surface area (Å²) in [4.78, 5) is 0. The summed E-state index contributed by atoms with van der Waals surface area (Å²) in [6, 6.07) is 12.8. The summed E-state index contributed by atoms with van der Waals surface area (Å²) in [5.74, 6) is 1.90. The highest BCUT2D eigenvalue weighted by atomic mass is 16.5. The summed E-state index contributed by atoms with van der Waals surface area (Å²) in [5, 5.41) is 10.6. The predicted molar refractivity (Wildman–Crippen MR) is 81.2 cm³/mol. The summed E-state index contributed by atoms with van der Waals surface area (Å²) in [7, 11) is 3.15. The molecular formula is C17H20O4. The molecule has 0 heterocycles. The van der Waals surface area contributed by atoms with Gasteiger partial charge in [-0.05, 0) is 30.7 Å². The van der Waals surface area contributed by atoms with Gasteiger partial charge in [-0.15, -0.1) is 0 Å². The fourth-order valence-corrected chi connectivity index (χ4v) is 2.20. The molecule has 2 rings (SSSR count). The lowest BCUT2D eigenvalue weighted by Gasteiger charge is -2.17. The largest absolute Gasteiger partial charge is 0.493 e. The average Bonchev–Trinajstić information content (AvgIpc) is 2.54. The van der Waals surface area contributed by atoms with E-state index in [9.17, 15) is 5.11 Å². The normalized spacial score (nSPS) is 11.8. The number of aliphatic hydroxyl groups excluding tert-OH is 1. The molecule has 0 saturated carbocycles. The van der Waals surface area contributed by atoms with Gasteiger partial charge in [0.2, 0.25) is 0 Å². The van der Waals surface area contributed by atoms with E-state index in [1.54, 1.807) is 26.4 Å². The second kappa shape index (κ2) is 6.99. The van der Waals surface area contributed by atoms with Crippen molar-refractivity contribution in [2.45, 2.75) is 13.0 Å². The van der Waals surface area contributed by atoms with Gasteiger partial charge in [0.25, 0.3) is 0 Å². The Hall–Kier alpha value is -2.20. The van der Waals surface area contributed by atoms with E-state index in [-0.39, 0.29) is 0 Å². The minimum Gasteiger partial charge on any atom is -0.493 e. The molecule has 0 bridgehead atoms. The Bertz CT molecular complexity index is 595. The van der Waals surface area contributed by atoms with Crippen LogP contribution in [-0.4, -0.2) is 25.9 Å². The van der Waals surface area contributed by atoms with Gasteiger partial charge in [-0.2, -0.15) is 0 Å². The lowest BCUT2D eigenvalue weighted by atomic mass is 10.00. The van der Waals surface area contributed by atoms with Crippen LogP contribution in [0.1, 0.15) is 24.2 Å². The van der Waals surface area contributed by atoms with Crippen LogP contribution < -0.4 is 14.2 Å². The Labute approximate surface area is 124 Å². The molecule has 21 heavy (non-hydrogen) atoms. The topological polar surface area (TPSA) is 47.9 Å². The number of aliphatic hydroxyl groups is 1. The quantitative estimate of drug-likeness (QED) is 0.887. The van der Waals surface area contributed by atoms with Gasteiger partial charge in [-0.3, -0.25) is 0 Å². The van der Waals surface area contributed by atoms with Crippen molar-refractivity contribution in [2.75, 3.05) is 20.8 Å². The third kappa shape index (κ3) is 3.28. The fraction of sp³-hybridized carbons (Fsp3) is 0.294. The Morgan fingerprint density at radius 2 is 1.67 bits per heavy atom. The maximum Gasteiger partial charge on any atom is 0.161 e. The second-order valence-electron chi connectivity index (χ2n) is 4.49. The van der Waals surface area contributed by atoms with Crippen LogP contribution >= 0.6 is 0 Å². The summed E-state index contributed by atoms with van der Waals surface area (Å²) >= 11 is 0. The molecule has 0 aliphatic carbocycles. The zero-order chi connectivity index (χ0) is 15.2. The molecule has 1 unspecified atom stereocenters. The molecule has 0 aliphatic rings. The molecule has 0 aromatic heterocycles. The lowest BCUT2D eigenvalue weighted by Crippen LogP contribution is -2.04. The van der Waals surface area contributed by atoms with E-state index >= 15 is 0 Å². The van der Waals surface area contributed by atoms with Crippen LogP contribution in [0.3, 0.4) is 0 Å². The van der Waals surface area contributed by atoms with Gasteiger partial charge in [0, 0.05) is 5.56 Å². The van der Waals surface area contributed by atoms with E-state index in [1.165, 1.54) is 0 Å². The number of hydrogen-bond acceptors (Lipinski definition) is 4. The minimum atomic E-state index is -0.785. The van der Waals surface area contributed by atoms with E-state index in [1.807, 2.05) is 37.3 Å². The molecule has 0 spiro atoms. The SMILES string of the molecule is CCOc1ccccc1C(O)c1ccc(OC)c(OC)c1. The predicted octanol–water partition coefficient (Wildman–Crippen LogP) is 3.18. The summed E-state index contributed by atoms with van der Waals surface area (Å²) in [6.45, 7) is 2.47. The Morgan fingerprint density at radius 1 is 0.952 bits per heavy atom. The number of para-hydroxylation sites is 1. The first-order valence-corrected chi connectivity index (χ1v) is 6.83. The van der Waals surface area contributed by atoms with Crippen LogP contribution in [0.25, 0.3) is 0 Å². The van der Waals surface area contributed by atoms with Crippen LogP contribution in [0.5, 0.6) is 17.2 Å². The van der Waals surface area contributed by atoms with Crippen molar-refractivity contribution < 1.29 is 19.3 Å². The molecule has 0 radical (unpaired) electrons. The van der Waals surface area contributed by atoms with Crippen LogP contribution in [0.15, 0.2) is 42.5 Å². The monoisotopic (exact) mass is 288 g/mol. The van der Waals surface area contributed by atoms with Crippen LogP contribution in [0, 0.1) is 0 Å². The van der Waals surface area contributed by atoms with Crippen molar-refractivity contribution in [1.29, 1.82) is 0 Å². The number of rotatable bonds is 6. The molecule has 4 nitrogen and oxygen atoms in total. The second-order valence-corrected chi connectivity index (χ2v) is 4.49. The number of ether oxygens (including phenoxy) is 3. The minimum absolute atomic E-state index is 0.551. The zero-order valence-corrected chi connectivity index (χ0v) is 12.5. The highest BCUT2D eigenvalue weighted by Crippen LogP contribution is 2.35. The van der Waals surface area contributed by atoms with E-state index in [2.05, 4.69) is 0 Å². The van der Waals surface area contributed by atoms with Crippen molar-refractivity contribution in [3.8, 4) is 17.2 Å². The van der Waals surface area contributed by atoms with Crippen LogP contribution in [-0.2, 0) is 0 Å². The van der Waals surface area contributed by atoms with Crippen molar-refractivity contribution in [3.63, 3.8) is 0 Å². The third-order valence-electron chi connectivity index (χ3n) is 3.24. The molecule has 4 heteroatoms. The van der Waals surface area contributed by atoms with Crippen molar-refractivity contribution >= 4 is 0 Å². The zero-order valence-electron chi connectivity index (χ0n) is 12.5. The fourth-order valence-electron chi connectivity index (χ4n) is 2.20. The molecule has 0 saturated heterocycles. The Kier molecular flexibility index (Phi) is 5.06. The molecule has 112 valence electrons. The highest BCUT2D eigenvalue weighted by Gasteiger charge is 2.17. The standard InChI is InChI=1S/C17H20O4/c1-4-21-14-8-6-5-7-13(14)17(18)12-9-10-15(19-2)16(11-12)20-3/h5-11,17-18H,4H2,1-3H3. The summed E-state index contributed by atoms with van der Waals surface area (Å²) in [5.41, 5.74) is 1.45. The van der Waals surface area contributed by atoms with E-state index in [4.69, 9.17) is 14.2 Å². The molecule has 2 aromatic carbocycles. The first-order chi connectivity index (χ1) is 10.2. The molecule has 0 amide bonds. The lowest BCUT2D eigenvalue weighted by molar-refractivity contribution is 0.211. The van der Waals surface area contributed by atoms with Gasteiger partial charge in [0.1, 0.15) is 11.9 Å². The van der Waals surface area contributed by atoms with Crippen LogP contribution in [0.4, 0.5) is 0 Å². The number of hydrogen-bond donors (Lipinski definition) is 1. The smallest absolute Gasteiger partial charge is 0.161 e. The van der Waals surface area contributed by atoms with Gasteiger partial charge >= 0.3 is 0 Å². The molecule has 2 aromatic rings. The van der Waals surface area contributed by atoms with Gasteiger partial charge in [-0.25, -0.2) is 0 Å². The highest BCUT2D eigenvalue weighted by molar-refractivity contribution is 5.47. The van der Waals surface area contributed by atoms with Crippen molar-refractivity contribution in [3.05, 3.63) is 53.6 Å². The first-order valence-electron chi connectivity index (χ1n) is 6.83. The number of benzene rings is 2. The molecule has 0 fully saturated rings. The van der Waals surface area contributed by atoms with Crippen molar-refractivity contribution in [1.82, 2.24) is 0 Å². The van der Waals surface area contributed by atoms with E-state index < -0.39 is 6.10 Å². The first kappa shape index (κ1) is 15.2. The third-order valence-corrected chi connectivity index (χ3v) is 3.24. The van der Waals surface area contributed by atoms with E-state index in [0.29, 0.717) is 23.9 Å². The molecule has 1 atom stereocenters. The Balaban J connectivity index is 2.38. The van der Waals surface area contributed by atoms with Gasteiger partial charge in [-0.1, -0.05) is 24.3 Å². The summed E-state index contributed by atoms with van der Waals surface area (Å²) < 4.78 is 16.0.